The van der Waals surface area contributed by atoms with E-state index in [-0.39, 0.29) is 6.61 Å². The summed E-state index contributed by atoms with van der Waals surface area (Å²) in [6.07, 6.45) is 1.87. The lowest BCUT2D eigenvalue weighted by Gasteiger charge is -2.29. The number of aliphatic hydroxyl groups is 1. The van der Waals surface area contributed by atoms with Crippen LogP contribution in [0.4, 0.5) is 5.82 Å². The summed E-state index contributed by atoms with van der Waals surface area (Å²) >= 11 is 6.16. The first-order valence-electron chi connectivity index (χ1n) is 10.1. The van der Waals surface area contributed by atoms with E-state index in [0.717, 1.165) is 75.7 Å². The van der Waals surface area contributed by atoms with Crippen molar-refractivity contribution in [1.29, 1.82) is 0 Å². The number of anilines is 1. The number of aliphatic hydroxyl groups excluding tert-OH is 1. The molecule has 0 aliphatic carbocycles. The third kappa shape index (κ3) is 5.88. The smallest absolute Gasteiger partial charge is 0.224 e. The molecule has 152 valence electrons. The number of benzene rings is 1. The molecule has 0 unspecified atom stereocenters. The molecule has 28 heavy (non-hydrogen) atoms. The van der Waals surface area contributed by atoms with Gasteiger partial charge in [-0.15, -0.1) is 0 Å². The fourth-order valence-electron chi connectivity index (χ4n) is 3.64. The Bertz CT molecular complexity index is 743. The summed E-state index contributed by atoms with van der Waals surface area (Å²) in [6, 6.07) is 10.5. The first kappa shape index (κ1) is 21.0. The molecule has 0 fully saturated rings. The Morgan fingerprint density at radius 1 is 1.21 bits per heavy atom. The zero-order valence-corrected chi connectivity index (χ0v) is 17.3. The number of fused-ring (bicyclic) bond motifs is 1. The normalized spacial score (nSPS) is 14.3. The van der Waals surface area contributed by atoms with Gasteiger partial charge in [-0.1, -0.05) is 37.3 Å². The number of hydrogen-bond donors (Lipinski definition) is 2. The number of halogens is 1. The van der Waals surface area contributed by atoms with Crippen molar-refractivity contribution in [3.8, 4) is 0 Å². The lowest BCUT2D eigenvalue weighted by atomic mass is 10.1. The fraction of sp³-hybridized carbons (Fsp3) is 0.524. The van der Waals surface area contributed by atoms with Gasteiger partial charge in [0.05, 0.1) is 12.3 Å². The van der Waals surface area contributed by atoms with Crippen LogP contribution in [0.25, 0.3) is 0 Å². The van der Waals surface area contributed by atoms with Crippen molar-refractivity contribution in [2.75, 3.05) is 44.6 Å². The number of nitrogens with zero attached hydrogens (tertiary/aromatic N) is 4. The molecule has 1 aromatic heterocycles. The average Bonchev–Trinajstić information content (AvgIpc) is 2.71. The van der Waals surface area contributed by atoms with Crippen LogP contribution in [-0.2, 0) is 19.5 Å². The van der Waals surface area contributed by atoms with E-state index in [1.165, 1.54) is 5.56 Å². The number of hydrogen-bond acceptors (Lipinski definition) is 6. The van der Waals surface area contributed by atoms with E-state index < -0.39 is 0 Å². The van der Waals surface area contributed by atoms with Gasteiger partial charge in [-0.3, -0.25) is 4.90 Å². The van der Waals surface area contributed by atoms with Gasteiger partial charge in [0.1, 0.15) is 5.82 Å². The Kier molecular flexibility index (Phi) is 8.03. The van der Waals surface area contributed by atoms with E-state index in [1.807, 2.05) is 6.07 Å². The topological polar surface area (TPSA) is 64.5 Å². The van der Waals surface area contributed by atoms with E-state index in [2.05, 4.69) is 56.3 Å². The molecule has 1 aliphatic rings. The highest BCUT2D eigenvalue weighted by Gasteiger charge is 2.22. The molecule has 0 radical (unpaired) electrons. The van der Waals surface area contributed by atoms with Gasteiger partial charge < -0.3 is 15.3 Å². The molecular formula is C21H30ClN5O. The van der Waals surface area contributed by atoms with Gasteiger partial charge >= 0.3 is 0 Å². The summed E-state index contributed by atoms with van der Waals surface area (Å²) in [7, 11) is 0. The maximum atomic E-state index is 9.10. The number of likely N-dealkylation sites (N-methyl/N-ethyl adjacent to an activating group) is 1. The van der Waals surface area contributed by atoms with Gasteiger partial charge in [0.25, 0.3) is 0 Å². The van der Waals surface area contributed by atoms with E-state index >= 15 is 0 Å². The molecule has 0 bridgehead atoms. The van der Waals surface area contributed by atoms with Crippen LogP contribution in [0.2, 0.25) is 5.28 Å². The van der Waals surface area contributed by atoms with Crippen molar-refractivity contribution < 1.29 is 5.11 Å². The first-order chi connectivity index (χ1) is 13.7. The Labute approximate surface area is 172 Å². The van der Waals surface area contributed by atoms with Crippen LogP contribution in [0.1, 0.15) is 30.2 Å². The van der Waals surface area contributed by atoms with Crippen molar-refractivity contribution in [2.45, 2.75) is 32.9 Å². The van der Waals surface area contributed by atoms with Crippen molar-refractivity contribution in [3.05, 3.63) is 52.4 Å². The summed E-state index contributed by atoms with van der Waals surface area (Å²) in [5.41, 5.74) is 3.54. The van der Waals surface area contributed by atoms with Crippen LogP contribution in [0.3, 0.4) is 0 Å². The van der Waals surface area contributed by atoms with Crippen LogP contribution in [0, 0.1) is 0 Å². The van der Waals surface area contributed by atoms with Gasteiger partial charge in [-0.2, -0.15) is 0 Å². The Morgan fingerprint density at radius 2 is 2.04 bits per heavy atom. The maximum Gasteiger partial charge on any atom is 0.224 e. The highest BCUT2D eigenvalue weighted by molar-refractivity contribution is 6.28. The van der Waals surface area contributed by atoms with Crippen LogP contribution in [0.5, 0.6) is 0 Å². The second-order valence-corrected chi connectivity index (χ2v) is 7.49. The quantitative estimate of drug-likeness (QED) is 0.469. The second-order valence-electron chi connectivity index (χ2n) is 7.15. The van der Waals surface area contributed by atoms with E-state index in [4.69, 9.17) is 16.7 Å². The van der Waals surface area contributed by atoms with Crippen LogP contribution >= 0.6 is 11.6 Å². The third-order valence-electron chi connectivity index (χ3n) is 5.17. The predicted octanol–water partition coefficient (Wildman–Crippen LogP) is 2.80. The van der Waals surface area contributed by atoms with Gasteiger partial charge in [-0.25, -0.2) is 9.97 Å². The van der Waals surface area contributed by atoms with Gasteiger partial charge in [0.2, 0.25) is 5.28 Å². The standard InChI is InChI=1S/C21H30ClN5O/c1-2-26(13-14-28)11-6-10-23-20-18-16-27(15-17-7-4-3-5-8-17)12-9-19(18)24-21(22)25-20/h3-5,7-8,28H,2,6,9-16H2,1H3,(H,23,24,25). The first-order valence-corrected chi connectivity index (χ1v) is 10.5. The van der Waals surface area contributed by atoms with Gasteiger partial charge in [0.15, 0.2) is 0 Å². The van der Waals surface area contributed by atoms with Crippen LogP contribution in [0.15, 0.2) is 30.3 Å². The molecule has 6 nitrogen and oxygen atoms in total. The zero-order valence-electron chi connectivity index (χ0n) is 16.6. The minimum Gasteiger partial charge on any atom is -0.395 e. The summed E-state index contributed by atoms with van der Waals surface area (Å²) in [5, 5.41) is 12.9. The fourth-order valence-corrected chi connectivity index (χ4v) is 3.83. The van der Waals surface area contributed by atoms with Crippen LogP contribution in [-0.4, -0.2) is 64.2 Å². The molecule has 2 heterocycles. The highest BCUT2D eigenvalue weighted by atomic mass is 35.5. The molecular weight excluding hydrogens is 374 g/mol. The monoisotopic (exact) mass is 403 g/mol. The average molecular weight is 404 g/mol. The minimum atomic E-state index is 0.202. The second kappa shape index (κ2) is 10.7. The molecule has 0 amide bonds. The predicted molar refractivity (Wildman–Crippen MR) is 114 cm³/mol. The highest BCUT2D eigenvalue weighted by Crippen LogP contribution is 2.26. The van der Waals surface area contributed by atoms with E-state index in [9.17, 15) is 0 Å². The molecule has 0 saturated heterocycles. The molecule has 0 atom stereocenters. The molecule has 3 rings (SSSR count). The SMILES string of the molecule is CCN(CCO)CCCNc1nc(Cl)nc2c1CN(Cc1ccccc1)CC2. The van der Waals surface area contributed by atoms with Crippen molar-refractivity contribution in [1.82, 2.24) is 19.8 Å². The summed E-state index contributed by atoms with van der Waals surface area (Å²) in [4.78, 5) is 13.6. The largest absolute Gasteiger partial charge is 0.395 e. The maximum absolute atomic E-state index is 9.10. The van der Waals surface area contributed by atoms with E-state index in [1.54, 1.807) is 0 Å². The minimum absolute atomic E-state index is 0.202. The number of nitrogens with one attached hydrogen (secondary N) is 1. The Balaban J connectivity index is 1.61. The molecule has 1 aliphatic heterocycles. The van der Waals surface area contributed by atoms with Gasteiger partial charge in [-0.05, 0) is 36.7 Å². The number of aromatic nitrogens is 2. The van der Waals surface area contributed by atoms with Gasteiger partial charge in [0, 0.05) is 44.7 Å². The summed E-state index contributed by atoms with van der Waals surface area (Å²) in [6.45, 7) is 8.49. The molecule has 2 aromatic rings. The molecule has 1 aromatic carbocycles. The molecule has 2 N–H and O–H groups in total. The lowest BCUT2D eigenvalue weighted by Crippen LogP contribution is -2.32. The molecule has 0 spiro atoms. The lowest BCUT2D eigenvalue weighted by molar-refractivity contribution is 0.201. The summed E-state index contributed by atoms with van der Waals surface area (Å²) in [5.74, 6) is 0.859. The Morgan fingerprint density at radius 3 is 2.79 bits per heavy atom. The van der Waals surface area contributed by atoms with Crippen LogP contribution < -0.4 is 5.32 Å². The van der Waals surface area contributed by atoms with Crippen molar-refractivity contribution in [2.24, 2.45) is 0 Å². The van der Waals surface area contributed by atoms with Crippen molar-refractivity contribution in [3.63, 3.8) is 0 Å². The summed E-state index contributed by atoms with van der Waals surface area (Å²) < 4.78 is 0. The molecule has 0 saturated carbocycles. The zero-order chi connectivity index (χ0) is 19.8. The molecule has 7 heteroatoms. The number of rotatable bonds is 10. The third-order valence-corrected chi connectivity index (χ3v) is 5.34. The van der Waals surface area contributed by atoms with E-state index in [0.29, 0.717) is 5.28 Å². The van der Waals surface area contributed by atoms with Crippen molar-refractivity contribution >= 4 is 17.4 Å². The Hall–Kier alpha value is -1.73.